The Balaban J connectivity index is 0.000000225. The zero-order valence-corrected chi connectivity index (χ0v) is 48.7. The quantitative estimate of drug-likeness (QED) is 0.0422. The predicted octanol–water partition coefficient (Wildman–Crippen LogP) is 6.60. The number of amides is 2. The zero-order chi connectivity index (χ0) is 60.6. The average Bonchev–Trinajstić information content (AvgIpc) is 4.25. The minimum atomic E-state index is -4.49. The van der Waals surface area contributed by atoms with Crippen molar-refractivity contribution < 1.29 is 83.8 Å². The van der Waals surface area contributed by atoms with Crippen molar-refractivity contribution in [3.8, 4) is 11.5 Å². The largest absolute Gasteiger partial charge is 0.452 e. The molecule has 452 valence electrons. The van der Waals surface area contributed by atoms with Crippen molar-refractivity contribution in [2.75, 3.05) is 46.5 Å². The molecule has 1 aliphatic heterocycles. The molecule has 0 aromatic carbocycles. The average molecular weight is 1220 g/mol. The van der Waals surface area contributed by atoms with Gasteiger partial charge in [0, 0.05) is 49.1 Å². The van der Waals surface area contributed by atoms with E-state index in [0.717, 1.165) is 32.7 Å². The number of alkyl halides is 6. The molecule has 3 aliphatic rings. The first-order valence-corrected chi connectivity index (χ1v) is 30.0. The standard InChI is InChI=1S/C18H22F3N5O4S.C18H20F3N5O3S.C8H18N2O4S.C4H8O/c1-9(27)7-22-17(28)14-6-16(23-10(14)2)31(29,30)25-12-4-13(5-12)26-8-15(11(3)24-26)18(19,20)21;1-9-7-22-17(29-9)14-6-16(23-10(14)2)30(27,28)25-12-4-13(5-12)26-8-15(11(3)24-26)18(19,20)21;1-5-10(6-2,7-3)15(12,13)9-8(11)14-4;1-2-4-5-3-1/h6,8,12-13,23,25H,4-5,7H2,1-3H3,(H,22,28);6-8,12-13,23,25H,4-5H2,1-3H3;5-7H2,1-4H3;1-4H2/p+1. The molecular formula is C48H69F6N12O12S3+. The van der Waals surface area contributed by atoms with Gasteiger partial charge in [0.2, 0.25) is 5.89 Å². The molecule has 0 spiro atoms. The first-order chi connectivity index (χ1) is 37.6. The second kappa shape index (κ2) is 26.4. The Morgan fingerprint density at radius 1 is 0.741 bits per heavy atom. The second-order valence-electron chi connectivity index (χ2n) is 19.5. The van der Waals surface area contributed by atoms with E-state index in [-0.39, 0.29) is 68.1 Å². The first kappa shape index (κ1) is 65.7. The molecule has 24 nitrogen and oxygen atoms in total. The molecular weight excluding hydrogens is 1150 g/mol. The number of halogens is 6. The van der Waals surface area contributed by atoms with Crippen molar-refractivity contribution in [2.24, 2.45) is 0 Å². The highest BCUT2D eigenvalue weighted by atomic mass is 32.2. The Labute approximate surface area is 465 Å². The number of sulfonamides is 2. The van der Waals surface area contributed by atoms with Crippen LogP contribution >= 0.6 is 0 Å². The molecule has 5 aromatic rings. The number of hydrogen-bond donors (Lipinski definition) is 6. The Morgan fingerprint density at radius 2 is 1.20 bits per heavy atom. The number of carbonyl (C=O) groups is 3. The molecule has 0 bridgehead atoms. The van der Waals surface area contributed by atoms with E-state index in [4.69, 9.17) is 9.15 Å². The number of H-pyrrole nitrogens is 2. The van der Waals surface area contributed by atoms with Crippen LogP contribution in [0.25, 0.3) is 11.5 Å². The number of rotatable bonds is 17. The molecule has 0 atom stereocenters. The molecule has 81 heavy (non-hydrogen) atoms. The summed E-state index contributed by atoms with van der Waals surface area (Å²) in [5.41, 5.74) is -0.259. The lowest BCUT2D eigenvalue weighted by molar-refractivity contribution is -0.801. The van der Waals surface area contributed by atoms with Gasteiger partial charge in [-0.25, -0.2) is 39.9 Å². The number of nitrogens with one attached hydrogen (secondary N) is 6. The number of nitrogens with zero attached hydrogens (tertiary/aromatic N) is 6. The summed E-state index contributed by atoms with van der Waals surface area (Å²) in [7, 11) is -10.4. The van der Waals surface area contributed by atoms with Crippen molar-refractivity contribution in [3.05, 3.63) is 75.9 Å². The van der Waals surface area contributed by atoms with Crippen LogP contribution in [0, 0.1) is 34.6 Å². The lowest BCUT2D eigenvalue weighted by Gasteiger charge is -2.35. The van der Waals surface area contributed by atoms with Gasteiger partial charge in [0.1, 0.15) is 21.6 Å². The Morgan fingerprint density at radius 3 is 1.57 bits per heavy atom. The molecule has 1 saturated heterocycles. The highest BCUT2D eigenvalue weighted by Gasteiger charge is 2.42. The van der Waals surface area contributed by atoms with Crippen molar-refractivity contribution in [1.82, 2.24) is 54.0 Å². The molecule has 8 rings (SSSR count). The SMILES string of the molecule is C1CCOC1.CC(=O)CNC(=O)c1cc(S(=O)(=O)NC2CC(n3cc(C(F)(F)F)c(C)n3)C2)[nH]c1C.CC[N+](CC)(CC)S(=O)(=O)NC(=O)OC.Cc1cnc(-c2cc(S(=O)(=O)NC3CC(n4cc(C(F)(F)F)c(C)n4)C3)[nH]c2C)o1. The molecule has 0 radical (unpaired) electrons. The zero-order valence-electron chi connectivity index (χ0n) is 46.3. The van der Waals surface area contributed by atoms with Crippen LogP contribution in [0.4, 0.5) is 31.1 Å². The highest BCUT2D eigenvalue weighted by molar-refractivity contribution is 7.89. The summed E-state index contributed by atoms with van der Waals surface area (Å²) in [5, 5.41) is 9.99. The number of quaternary nitrogens is 1. The summed E-state index contributed by atoms with van der Waals surface area (Å²) in [5.74, 6) is 0.103. The van der Waals surface area contributed by atoms with Crippen molar-refractivity contribution >= 4 is 48.0 Å². The number of aromatic nitrogens is 7. The number of Topliss-reactive ketones (excluding diaryl/α,β-unsaturated/α-hetero) is 1. The smallest absolute Gasteiger partial charge is 0.424 e. The van der Waals surface area contributed by atoms with Gasteiger partial charge in [-0.3, -0.25) is 19.0 Å². The van der Waals surface area contributed by atoms with Crippen LogP contribution in [-0.2, 0) is 56.9 Å². The maximum absolute atomic E-state index is 12.9. The number of methoxy groups -OCH3 is 1. The van der Waals surface area contributed by atoms with Crippen LogP contribution in [0.15, 0.2) is 45.2 Å². The fourth-order valence-corrected chi connectivity index (χ4v) is 12.9. The maximum atomic E-state index is 12.9. The number of aromatic amines is 2. The van der Waals surface area contributed by atoms with Gasteiger partial charge >= 0.3 is 28.7 Å². The van der Waals surface area contributed by atoms with E-state index in [9.17, 15) is 66.0 Å². The van der Waals surface area contributed by atoms with Crippen molar-refractivity contribution in [1.29, 1.82) is 0 Å². The summed E-state index contributed by atoms with van der Waals surface area (Å²) in [4.78, 5) is 43.6. The number of ether oxygens (including phenoxy) is 2. The molecule has 3 fully saturated rings. The van der Waals surface area contributed by atoms with Gasteiger partial charge in [-0.2, -0.15) is 49.7 Å². The number of oxazole rings is 1. The molecule has 5 aromatic heterocycles. The van der Waals surface area contributed by atoms with Gasteiger partial charge < -0.3 is 29.2 Å². The number of hydrogen-bond acceptors (Lipinski definition) is 15. The highest BCUT2D eigenvalue weighted by Crippen LogP contribution is 2.39. The van der Waals surface area contributed by atoms with Gasteiger partial charge in [0.25, 0.3) is 26.0 Å². The van der Waals surface area contributed by atoms with E-state index in [2.05, 4.69) is 44.6 Å². The fraction of sp³-hybridized carbons (Fsp3) is 0.583. The van der Waals surface area contributed by atoms with Gasteiger partial charge in [-0.1, -0.05) is 0 Å². The van der Waals surface area contributed by atoms with Crippen LogP contribution in [0.5, 0.6) is 0 Å². The van der Waals surface area contributed by atoms with Crippen LogP contribution in [-0.4, -0.2) is 140 Å². The Kier molecular flexibility index (Phi) is 21.4. The monoisotopic (exact) mass is 1220 g/mol. The number of aryl methyl sites for hydroxylation is 5. The third-order valence-electron chi connectivity index (χ3n) is 13.7. The summed E-state index contributed by atoms with van der Waals surface area (Å²) in [6, 6.07) is 1.12. The molecule has 0 unspecified atom stereocenters. The summed E-state index contributed by atoms with van der Waals surface area (Å²) in [6.07, 6.45) is -2.63. The lowest BCUT2D eigenvalue weighted by atomic mass is 9.88. The fourth-order valence-electron chi connectivity index (χ4n) is 8.78. The normalized spacial score (nSPS) is 18.4. The van der Waals surface area contributed by atoms with Gasteiger partial charge in [0.05, 0.1) is 85.2 Å². The van der Waals surface area contributed by atoms with E-state index in [1.54, 1.807) is 40.8 Å². The minimum Gasteiger partial charge on any atom is -0.452 e. The van der Waals surface area contributed by atoms with E-state index in [1.165, 1.54) is 62.0 Å². The number of ketones is 1. The molecule has 2 amide bonds. The van der Waals surface area contributed by atoms with Crippen molar-refractivity contribution in [3.63, 3.8) is 0 Å². The minimum absolute atomic E-state index is 0.0244. The molecule has 2 saturated carbocycles. The third-order valence-corrected chi connectivity index (χ3v) is 18.8. The van der Waals surface area contributed by atoms with Crippen LogP contribution in [0.1, 0.15) is 128 Å². The molecule has 2 aliphatic carbocycles. The predicted molar refractivity (Wildman–Crippen MR) is 279 cm³/mol. The van der Waals surface area contributed by atoms with E-state index >= 15 is 0 Å². The Hall–Kier alpha value is -6.13. The second-order valence-corrected chi connectivity index (χ2v) is 24.8. The van der Waals surface area contributed by atoms with E-state index in [1.807, 2.05) is 4.72 Å². The van der Waals surface area contributed by atoms with Crippen LogP contribution < -0.4 is 19.5 Å². The summed E-state index contributed by atoms with van der Waals surface area (Å²) >= 11 is 0. The maximum Gasteiger partial charge on any atom is 0.424 e. The molecule has 33 heteroatoms. The van der Waals surface area contributed by atoms with Crippen molar-refractivity contribution in [2.45, 2.75) is 147 Å². The lowest BCUT2D eigenvalue weighted by Crippen LogP contribution is -2.58. The Bertz CT molecular complexity index is 3310. The van der Waals surface area contributed by atoms with Gasteiger partial charge in [-0.05, 0) is 113 Å². The molecule has 6 N–H and O–H groups in total. The van der Waals surface area contributed by atoms with Gasteiger partial charge in [0.15, 0.2) is 0 Å². The van der Waals surface area contributed by atoms with Gasteiger partial charge in [-0.15, -0.1) is 0 Å². The third kappa shape index (κ3) is 16.5. The first-order valence-electron chi connectivity index (χ1n) is 25.6. The van der Waals surface area contributed by atoms with Crippen LogP contribution in [0.3, 0.4) is 0 Å². The van der Waals surface area contributed by atoms with E-state index < -0.39 is 77.8 Å². The van der Waals surface area contributed by atoms with Crippen LogP contribution in [0.2, 0.25) is 0 Å². The van der Waals surface area contributed by atoms with E-state index in [0.29, 0.717) is 61.1 Å². The number of carbonyl (C=O) groups excluding carboxylic acids is 3. The summed E-state index contributed by atoms with van der Waals surface area (Å²) < 4.78 is 176. The summed E-state index contributed by atoms with van der Waals surface area (Å²) in [6.45, 7) is 17.2. The topological polar surface area (TPSA) is 313 Å². The molecule has 6 heterocycles.